The zero-order valence-electron chi connectivity index (χ0n) is 10.5. The standard InChI is InChI=1S/C15H15NO2/c1-16(2)13-8-5-12(6-9-13)7-10-14(17)15-4-3-11-18-15/h3-11H,1-2H3. The van der Waals surface area contributed by atoms with Crippen molar-refractivity contribution in [3.05, 3.63) is 60.1 Å². The minimum absolute atomic E-state index is 0.128. The van der Waals surface area contributed by atoms with Gasteiger partial charge in [0.05, 0.1) is 6.26 Å². The minimum Gasteiger partial charge on any atom is -0.461 e. The van der Waals surface area contributed by atoms with Gasteiger partial charge in [0.1, 0.15) is 0 Å². The zero-order valence-corrected chi connectivity index (χ0v) is 10.5. The van der Waals surface area contributed by atoms with E-state index in [2.05, 4.69) is 0 Å². The lowest BCUT2D eigenvalue weighted by Gasteiger charge is -2.11. The van der Waals surface area contributed by atoms with Crippen LogP contribution < -0.4 is 4.90 Å². The molecule has 0 aliphatic heterocycles. The van der Waals surface area contributed by atoms with Gasteiger partial charge in [-0.3, -0.25) is 4.79 Å². The molecule has 2 rings (SSSR count). The molecule has 0 aliphatic carbocycles. The van der Waals surface area contributed by atoms with Gasteiger partial charge in [0.25, 0.3) is 0 Å². The van der Waals surface area contributed by atoms with Crippen molar-refractivity contribution in [2.24, 2.45) is 0 Å². The number of hydrogen-bond acceptors (Lipinski definition) is 3. The van der Waals surface area contributed by atoms with E-state index in [4.69, 9.17) is 4.42 Å². The highest BCUT2D eigenvalue weighted by molar-refractivity contribution is 6.04. The summed E-state index contributed by atoms with van der Waals surface area (Å²) in [4.78, 5) is 13.7. The molecule has 0 atom stereocenters. The van der Waals surface area contributed by atoms with Gasteiger partial charge in [0, 0.05) is 19.8 Å². The smallest absolute Gasteiger partial charge is 0.221 e. The van der Waals surface area contributed by atoms with E-state index in [0.717, 1.165) is 11.3 Å². The predicted octanol–water partition coefficient (Wildman–Crippen LogP) is 3.24. The van der Waals surface area contributed by atoms with Crippen molar-refractivity contribution in [2.45, 2.75) is 0 Å². The second kappa shape index (κ2) is 5.36. The lowest BCUT2D eigenvalue weighted by atomic mass is 10.1. The fourth-order valence-electron chi connectivity index (χ4n) is 1.56. The Morgan fingerprint density at radius 3 is 2.44 bits per heavy atom. The van der Waals surface area contributed by atoms with Crippen LogP contribution in [0.4, 0.5) is 5.69 Å². The van der Waals surface area contributed by atoms with Crippen molar-refractivity contribution in [3.8, 4) is 0 Å². The van der Waals surface area contributed by atoms with Crippen LogP contribution >= 0.6 is 0 Å². The van der Waals surface area contributed by atoms with E-state index in [1.807, 2.05) is 43.3 Å². The van der Waals surface area contributed by atoms with Gasteiger partial charge in [-0.05, 0) is 35.9 Å². The van der Waals surface area contributed by atoms with Crippen LogP contribution in [-0.4, -0.2) is 19.9 Å². The number of rotatable bonds is 4. The highest BCUT2D eigenvalue weighted by atomic mass is 16.3. The molecule has 1 aromatic heterocycles. The van der Waals surface area contributed by atoms with E-state index in [1.54, 1.807) is 18.2 Å². The largest absolute Gasteiger partial charge is 0.461 e. The zero-order chi connectivity index (χ0) is 13.0. The second-order valence-corrected chi connectivity index (χ2v) is 4.16. The summed E-state index contributed by atoms with van der Waals surface area (Å²) in [6.07, 6.45) is 4.79. The Labute approximate surface area is 106 Å². The summed E-state index contributed by atoms with van der Waals surface area (Å²) in [6.45, 7) is 0. The van der Waals surface area contributed by atoms with Gasteiger partial charge in [-0.2, -0.15) is 0 Å². The van der Waals surface area contributed by atoms with E-state index in [0.29, 0.717) is 5.76 Å². The van der Waals surface area contributed by atoms with Crippen molar-refractivity contribution in [3.63, 3.8) is 0 Å². The molecule has 92 valence electrons. The molecule has 0 saturated heterocycles. The third-order valence-electron chi connectivity index (χ3n) is 2.60. The monoisotopic (exact) mass is 241 g/mol. The molecular weight excluding hydrogens is 226 g/mol. The first-order valence-corrected chi connectivity index (χ1v) is 5.70. The molecule has 0 saturated carbocycles. The molecule has 0 N–H and O–H groups in total. The van der Waals surface area contributed by atoms with E-state index in [9.17, 15) is 4.79 Å². The SMILES string of the molecule is CN(C)c1ccc(C=CC(=O)c2ccco2)cc1. The summed E-state index contributed by atoms with van der Waals surface area (Å²) in [6, 6.07) is 11.3. The van der Waals surface area contributed by atoms with Crippen LogP contribution in [0.15, 0.2) is 53.2 Å². The second-order valence-electron chi connectivity index (χ2n) is 4.16. The molecule has 0 amide bonds. The molecule has 3 heteroatoms. The summed E-state index contributed by atoms with van der Waals surface area (Å²) in [7, 11) is 3.98. The number of allylic oxidation sites excluding steroid dienone is 1. The fourth-order valence-corrected chi connectivity index (χ4v) is 1.56. The summed E-state index contributed by atoms with van der Waals surface area (Å²) in [5.74, 6) is 0.229. The summed E-state index contributed by atoms with van der Waals surface area (Å²) in [5.41, 5.74) is 2.12. The van der Waals surface area contributed by atoms with Crippen LogP contribution in [0, 0.1) is 0 Å². The van der Waals surface area contributed by atoms with Gasteiger partial charge < -0.3 is 9.32 Å². The van der Waals surface area contributed by atoms with Crippen LogP contribution in [0.5, 0.6) is 0 Å². The van der Waals surface area contributed by atoms with Crippen LogP contribution in [0.25, 0.3) is 6.08 Å². The molecule has 0 spiro atoms. The fraction of sp³-hybridized carbons (Fsp3) is 0.133. The maximum Gasteiger partial charge on any atom is 0.221 e. The summed E-state index contributed by atoms with van der Waals surface area (Å²) in [5, 5.41) is 0. The van der Waals surface area contributed by atoms with Crippen molar-refractivity contribution in [1.82, 2.24) is 0 Å². The Bertz CT molecular complexity index is 536. The van der Waals surface area contributed by atoms with Crippen molar-refractivity contribution in [1.29, 1.82) is 0 Å². The summed E-state index contributed by atoms with van der Waals surface area (Å²) >= 11 is 0. The van der Waals surface area contributed by atoms with Crippen LogP contribution in [0.3, 0.4) is 0 Å². The van der Waals surface area contributed by atoms with Crippen LogP contribution in [-0.2, 0) is 0 Å². The Morgan fingerprint density at radius 1 is 1.17 bits per heavy atom. The lowest BCUT2D eigenvalue weighted by molar-refractivity contribution is 0.102. The van der Waals surface area contributed by atoms with Crippen molar-refractivity contribution >= 4 is 17.5 Å². The van der Waals surface area contributed by atoms with Gasteiger partial charge >= 0.3 is 0 Å². The van der Waals surface area contributed by atoms with E-state index in [-0.39, 0.29) is 5.78 Å². The van der Waals surface area contributed by atoms with Gasteiger partial charge in [0.15, 0.2) is 5.76 Å². The average Bonchev–Trinajstić information content (AvgIpc) is 2.90. The Hall–Kier alpha value is -2.29. The van der Waals surface area contributed by atoms with Crippen LogP contribution in [0.2, 0.25) is 0 Å². The van der Waals surface area contributed by atoms with E-state index >= 15 is 0 Å². The Balaban J connectivity index is 2.07. The number of anilines is 1. The number of carbonyl (C=O) groups excluding carboxylic acids is 1. The molecule has 1 aromatic carbocycles. The highest BCUT2D eigenvalue weighted by Crippen LogP contribution is 2.13. The van der Waals surface area contributed by atoms with Crippen LogP contribution in [0.1, 0.15) is 16.1 Å². The average molecular weight is 241 g/mol. The number of carbonyl (C=O) groups is 1. The molecule has 1 heterocycles. The van der Waals surface area contributed by atoms with Gasteiger partial charge in [-0.1, -0.05) is 18.2 Å². The van der Waals surface area contributed by atoms with Crippen molar-refractivity contribution in [2.75, 3.05) is 19.0 Å². The molecule has 0 bridgehead atoms. The number of ketones is 1. The molecule has 18 heavy (non-hydrogen) atoms. The summed E-state index contributed by atoms with van der Waals surface area (Å²) < 4.78 is 5.03. The Morgan fingerprint density at radius 2 is 1.89 bits per heavy atom. The van der Waals surface area contributed by atoms with E-state index in [1.165, 1.54) is 12.3 Å². The minimum atomic E-state index is -0.128. The topological polar surface area (TPSA) is 33.5 Å². The first-order chi connectivity index (χ1) is 8.66. The first-order valence-electron chi connectivity index (χ1n) is 5.70. The van der Waals surface area contributed by atoms with Gasteiger partial charge in [0.2, 0.25) is 5.78 Å². The molecule has 3 nitrogen and oxygen atoms in total. The molecule has 0 fully saturated rings. The van der Waals surface area contributed by atoms with Gasteiger partial charge in [-0.15, -0.1) is 0 Å². The number of furan rings is 1. The predicted molar refractivity (Wildman–Crippen MR) is 72.8 cm³/mol. The number of hydrogen-bond donors (Lipinski definition) is 0. The molecule has 0 unspecified atom stereocenters. The van der Waals surface area contributed by atoms with Crippen molar-refractivity contribution < 1.29 is 9.21 Å². The normalized spacial score (nSPS) is 10.8. The third kappa shape index (κ3) is 2.88. The lowest BCUT2D eigenvalue weighted by Crippen LogP contribution is -2.07. The maximum absolute atomic E-state index is 11.7. The van der Waals surface area contributed by atoms with E-state index < -0.39 is 0 Å². The highest BCUT2D eigenvalue weighted by Gasteiger charge is 2.03. The first kappa shape index (κ1) is 12.2. The molecule has 2 aromatic rings. The molecule has 0 aliphatic rings. The molecular formula is C15H15NO2. The van der Waals surface area contributed by atoms with Gasteiger partial charge in [-0.25, -0.2) is 0 Å². The Kier molecular flexibility index (Phi) is 3.63. The maximum atomic E-state index is 11.7. The number of benzene rings is 1. The molecule has 0 radical (unpaired) electrons. The number of nitrogens with zero attached hydrogens (tertiary/aromatic N) is 1. The quantitative estimate of drug-likeness (QED) is 0.608. The third-order valence-corrected chi connectivity index (χ3v) is 2.60.